The fourth-order valence-corrected chi connectivity index (χ4v) is 5.02. The van der Waals surface area contributed by atoms with Gasteiger partial charge in [0.2, 0.25) is 0 Å². The van der Waals surface area contributed by atoms with Gasteiger partial charge >= 0.3 is 14.5 Å². The van der Waals surface area contributed by atoms with Crippen LogP contribution >= 0.6 is 8.53 Å². The molecule has 0 spiro atoms. The summed E-state index contributed by atoms with van der Waals surface area (Å²) in [5, 5.41) is 3.14. The van der Waals surface area contributed by atoms with Gasteiger partial charge in [-0.3, -0.25) is 9.36 Å². The summed E-state index contributed by atoms with van der Waals surface area (Å²) in [6, 6.07) is 8.71. The van der Waals surface area contributed by atoms with E-state index in [1.807, 2.05) is 55.7 Å². The number of fused-ring (bicyclic) bond motifs is 1. The van der Waals surface area contributed by atoms with Crippen LogP contribution in [-0.4, -0.2) is 49.8 Å². The second-order valence-corrected chi connectivity index (χ2v) is 9.76. The lowest BCUT2D eigenvalue weighted by Gasteiger charge is -2.27. The second kappa shape index (κ2) is 11.3. The lowest BCUT2D eigenvalue weighted by atomic mass is 10.1. The molecular weight excluding hydrogens is 471 g/mol. The minimum atomic E-state index is -1.67. The maximum atomic E-state index is 12.4. The Hall–Kier alpha value is -2.85. The van der Waals surface area contributed by atoms with Gasteiger partial charge in [0.25, 0.3) is 0 Å². The van der Waals surface area contributed by atoms with Crippen molar-refractivity contribution in [2.24, 2.45) is 0 Å². The van der Waals surface area contributed by atoms with Crippen molar-refractivity contribution in [1.29, 1.82) is 0 Å². The molecule has 5 unspecified atom stereocenters. The van der Waals surface area contributed by atoms with Crippen molar-refractivity contribution in [3.8, 4) is 5.75 Å². The fraction of sp³-hybridized carbons (Fsp3) is 0.478. The first kappa shape index (κ1) is 25.2. The van der Waals surface area contributed by atoms with Crippen LogP contribution in [0.15, 0.2) is 43.0 Å². The van der Waals surface area contributed by atoms with E-state index < -0.39 is 14.6 Å². The third-order valence-corrected chi connectivity index (χ3v) is 6.95. The van der Waals surface area contributed by atoms with Crippen LogP contribution in [0.1, 0.15) is 46.8 Å². The van der Waals surface area contributed by atoms with Gasteiger partial charge in [-0.2, -0.15) is 0 Å². The molecule has 11 nitrogen and oxygen atoms in total. The van der Waals surface area contributed by atoms with Crippen LogP contribution in [0, 0.1) is 0 Å². The third kappa shape index (κ3) is 6.24. The van der Waals surface area contributed by atoms with Crippen molar-refractivity contribution >= 4 is 31.5 Å². The van der Waals surface area contributed by atoms with E-state index in [9.17, 15) is 4.79 Å². The summed E-state index contributed by atoms with van der Waals surface area (Å²) in [5.74, 6) is 0.598. The Bertz CT molecular complexity index is 1130. The molecule has 1 fully saturated rings. The summed E-state index contributed by atoms with van der Waals surface area (Å²) in [5.41, 5.74) is 7.09. The van der Waals surface area contributed by atoms with Crippen molar-refractivity contribution in [3.63, 3.8) is 0 Å². The molecule has 0 aliphatic carbocycles. The van der Waals surface area contributed by atoms with Crippen molar-refractivity contribution < 1.29 is 23.3 Å². The molecule has 3 aromatic rings. The second-order valence-electron chi connectivity index (χ2n) is 8.60. The number of rotatable bonds is 10. The maximum Gasteiger partial charge on any atom is 0.323 e. The molecule has 12 heteroatoms. The number of carbonyl (C=O) groups excluding carboxylic acids is 1. The summed E-state index contributed by atoms with van der Waals surface area (Å²) in [7, 11) is -1.67. The van der Waals surface area contributed by atoms with Crippen LogP contribution in [0.3, 0.4) is 0 Å². The summed E-state index contributed by atoms with van der Waals surface area (Å²) >= 11 is 0. The van der Waals surface area contributed by atoms with Gasteiger partial charge in [-0.25, -0.2) is 20.0 Å². The molecule has 0 amide bonds. The summed E-state index contributed by atoms with van der Waals surface area (Å²) in [4.78, 5) is 25.0. The Morgan fingerprint density at radius 2 is 1.94 bits per heavy atom. The molecule has 0 saturated carbocycles. The quantitative estimate of drug-likeness (QED) is 0.312. The molecule has 0 bridgehead atoms. The Labute approximate surface area is 205 Å². The van der Waals surface area contributed by atoms with Crippen molar-refractivity contribution in [2.75, 3.05) is 5.73 Å². The van der Waals surface area contributed by atoms with Crippen molar-refractivity contribution in [3.05, 3.63) is 43.0 Å². The molecule has 188 valence electrons. The number of ether oxygens (including phenoxy) is 2. The van der Waals surface area contributed by atoms with Gasteiger partial charge in [0.05, 0.1) is 24.6 Å². The molecular formula is C23H31N6O5P. The molecule has 3 N–H and O–H groups in total. The Morgan fingerprint density at radius 3 is 2.69 bits per heavy atom. The molecule has 3 heterocycles. The van der Waals surface area contributed by atoms with Crippen molar-refractivity contribution in [1.82, 2.24) is 24.6 Å². The molecule has 1 saturated heterocycles. The molecule has 5 atom stereocenters. The van der Waals surface area contributed by atoms with Gasteiger partial charge < -0.3 is 24.3 Å². The monoisotopic (exact) mass is 502 g/mol. The minimum Gasteiger partial charge on any atom is -0.462 e. The van der Waals surface area contributed by atoms with Crippen LogP contribution in [0.5, 0.6) is 5.75 Å². The van der Waals surface area contributed by atoms with Gasteiger partial charge in [0, 0.05) is 0 Å². The summed E-state index contributed by atoms with van der Waals surface area (Å²) < 4.78 is 25.8. The number of esters is 1. The number of anilines is 1. The molecule has 35 heavy (non-hydrogen) atoms. The molecule has 1 aliphatic heterocycles. The van der Waals surface area contributed by atoms with E-state index in [0.29, 0.717) is 22.7 Å². The summed E-state index contributed by atoms with van der Waals surface area (Å²) in [6.45, 7) is 7.28. The highest BCUT2D eigenvalue weighted by Gasteiger charge is 2.35. The van der Waals surface area contributed by atoms with E-state index in [1.165, 1.54) is 6.33 Å². The zero-order valence-electron chi connectivity index (χ0n) is 20.2. The third-order valence-electron chi connectivity index (χ3n) is 5.45. The van der Waals surface area contributed by atoms with Gasteiger partial charge in [0.1, 0.15) is 29.9 Å². The van der Waals surface area contributed by atoms with E-state index in [4.69, 9.17) is 24.3 Å². The van der Waals surface area contributed by atoms with E-state index in [2.05, 4.69) is 20.0 Å². The van der Waals surface area contributed by atoms with Gasteiger partial charge in [-0.1, -0.05) is 18.2 Å². The predicted octanol–water partition coefficient (Wildman–Crippen LogP) is 3.73. The van der Waals surface area contributed by atoms with Gasteiger partial charge in [0.15, 0.2) is 11.5 Å². The first-order valence-corrected chi connectivity index (χ1v) is 12.7. The number of nitrogens with one attached hydrogen (secondary N) is 1. The van der Waals surface area contributed by atoms with Crippen LogP contribution in [0.2, 0.25) is 0 Å². The highest BCUT2D eigenvalue weighted by atomic mass is 31.2. The van der Waals surface area contributed by atoms with Gasteiger partial charge in [-0.05, 0) is 52.7 Å². The maximum absolute atomic E-state index is 12.4. The van der Waals surface area contributed by atoms with E-state index in [-0.39, 0.29) is 30.5 Å². The first-order valence-electron chi connectivity index (χ1n) is 11.6. The lowest BCUT2D eigenvalue weighted by molar-refractivity contribution is -0.149. The number of imidazole rings is 1. The SMILES string of the molecule is CC(C)OC(=O)C(C)NP(Oc1ccccc1)OC(C)C1CCC(n2cnc3c(N)ncnc32)O1. The zero-order valence-corrected chi connectivity index (χ0v) is 21.1. The summed E-state index contributed by atoms with van der Waals surface area (Å²) in [6.07, 6.45) is 3.64. The number of aromatic nitrogens is 4. The zero-order chi connectivity index (χ0) is 24.9. The Balaban J connectivity index is 1.42. The van der Waals surface area contributed by atoms with Crippen LogP contribution in [-0.2, 0) is 18.8 Å². The van der Waals surface area contributed by atoms with Crippen LogP contribution < -0.4 is 15.3 Å². The molecule has 1 aliphatic rings. The fourth-order valence-electron chi connectivity index (χ4n) is 3.69. The number of nitrogens with zero attached hydrogens (tertiary/aromatic N) is 4. The standard InChI is InChI=1S/C23H31N6O5P/c1-14(2)31-23(30)15(3)28-35(34-17-8-6-5-7-9-17)33-16(4)18-10-11-19(32-18)29-13-27-20-21(24)25-12-26-22(20)29/h5-9,12-16,18-19,28H,10-11H2,1-4H3,(H2,24,25,26). The number of hydrogen-bond donors (Lipinski definition) is 2. The number of nitrogen functional groups attached to an aromatic ring is 1. The molecule has 1 aromatic carbocycles. The van der Waals surface area contributed by atoms with Crippen molar-refractivity contribution in [2.45, 2.75) is 71.1 Å². The highest BCUT2D eigenvalue weighted by molar-refractivity contribution is 7.45. The van der Waals surface area contributed by atoms with Crippen LogP contribution in [0.25, 0.3) is 11.2 Å². The van der Waals surface area contributed by atoms with E-state index in [0.717, 1.165) is 12.8 Å². The number of carbonyl (C=O) groups is 1. The highest BCUT2D eigenvalue weighted by Crippen LogP contribution is 2.41. The lowest BCUT2D eigenvalue weighted by Crippen LogP contribution is -2.36. The number of nitrogens with two attached hydrogens (primary N) is 1. The normalized spacial score (nSPS) is 20.6. The topological polar surface area (TPSA) is 136 Å². The number of hydrogen-bond acceptors (Lipinski definition) is 10. The molecule has 4 rings (SSSR count). The largest absolute Gasteiger partial charge is 0.462 e. The first-order chi connectivity index (χ1) is 16.8. The average Bonchev–Trinajstić information content (AvgIpc) is 3.47. The number of para-hydroxylation sites is 1. The predicted molar refractivity (Wildman–Crippen MR) is 131 cm³/mol. The number of benzene rings is 1. The van der Waals surface area contributed by atoms with E-state index in [1.54, 1.807) is 13.3 Å². The van der Waals surface area contributed by atoms with Gasteiger partial charge in [-0.15, -0.1) is 0 Å². The van der Waals surface area contributed by atoms with Crippen LogP contribution in [0.4, 0.5) is 5.82 Å². The Kier molecular flexibility index (Phi) is 8.12. The Morgan fingerprint density at radius 1 is 1.17 bits per heavy atom. The molecule has 2 aromatic heterocycles. The molecule has 0 radical (unpaired) electrons. The van der Waals surface area contributed by atoms with E-state index >= 15 is 0 Å². The average molecular weight is 503 g/mol. The smallest absolute Gasteiger partial charge is 0.323 e. The minimum absolute atomic E-state index is 0.194.